The molecule has 0 bridgehead atoms. The number of benzene rings is 1. The zero-order valence-corrected chi connectivity index (χ0v) is 10.9. The normalized spacial score (nSPS) is 10.3. The molecule has 0 aliphatic rings. The van der Waals surface area contributed by atoms with Gasteiger partial charge in [0.15, 0.2) is 0 Å². The second-order valence-corrected chi connectivity index (χ2v) is 3.89. The zero-order chi connectivity index (χ0) is 14.4. The minimum atomic E-state index is -1.42. The number of carbonyl (C=O) groups excluding carboxylic acids is 2. The molecule has 0 radical (unpaired) electrons. The molecule has 104 valence electrons. The first-order valence-corrected chi connectivity index (χ1v) is 6.03. The number of amides is 2. The maximum absolute atomic E-state index is 11.2. The summed E-state index contributed by atoms with van der Waals surface area (Å²) in [6.45, 7) is 3.47. The van der Waals surface area contributed by atoms with Crippen LogP contribution in [0.2, 0.25) is 0 Å². The average molecular weight is 264 g/mol. The predicted octanol–water partition coefficient (Wildman–Crippen LogP) is 0.0156. The summed E-state index contributed by atoms with van der Waals surface area (Å²) in [6, 6.07) is 8.54. The molecule has 0 saturated heterocycles. The van der Waals surface area contributed by atoms with Crippen molar-refractivity contribution >= 4 is 12.2 Å². The highest BCUT2D eigenvalue weighted by Crippen LogP contribution is 2.24. The van der Waals surface area contributed by atoms with E-state index in [1.165, 1.54) is 0 Å². The first-order chi connectivity index (χ1) is 9.02. The van der Waals surface area contributed by atoms with Crippen LogP contribution in [0, 0.1) is 0 Å². The molecule has 1 rings (SSSR count). The smallest absolute Gasteiger partial charge is 0.138 e. The molecule has 0 aliphatic heterocycles. The summed E-state index contributed by atoms with van der Waals surface area (Å²) >= 11 is 0. The summed E-state index contributed by atoms with van der Waals surface area (Å²) in [5.41, 5.74) is 0.555. The van der Waals surface area contributed by atoms with Crippen LogP contribution in [0.3, 0.4) is 0 Å². The second kappa shape index (κ2) is 6.63. The molecule has 0 N–H and O–H groups in total. The number of carbonyl (C=O) groups is 2. The molecular weight excluding hydrogens is 248 g/mol. The Labute approximate surface area is 111 Å². The van der Waals surface area contributed by atoms with Gasteiger partial charge in [-0.1, -0.05) is 30.3 Å². The highest BCUT2D eigenvalue weighted by atomic mass is 16.4. The number of carboxylic acid groups (broad SMARTS) is 2. The molecule has 2 amide bonds. The van der Waals surface area contributed by atoms with Crippen molar-refractivity contribution in [2.75, 3.05) is 13.1 Å². The van der Waals surface area contributed by atoms with Gasteiger partial charge < -0.3 is 29.6 Å². The summed E-state index contributed by atoms with van der Waals surface area (Å²) in [6.07, 6.45) is -3.79. The molecule has 0 atom stereocenters. The third-order valence-electron chi connectivity index (χ3n) is 2.84. The van der Waals surface area contributed by atoms with Gasteiger partial charge in [0.2, 0.25) is 0 Å². The van der Waals surface area contributed by atoms with Crippen LogP contribution < -0.4 is 10.2 Å². The van der Waals surface area contributed by atoms with Crippen molar-refractivity contribution in [1.82, 2.24) is 9.80 Å². The number of hydrogen-bond acceptors (Lipinski definition) is 4. The van der Waals surface area contributed by atoms with Gasteiger partial charge in [0.05, 0.1) is 0 Å². The van der Waals surface area contributed by atoms with Crippen LogP contribution in [-0.4, -0.2) is 35.1 Å². The molecule has 0 saturated carbocycles. The summed E-state index contributed by atoms with van der Waals surface area (Å²) in [5.74, 6) is 0. The molecule has 0 aliphatic carbocycles. The van der Waals surface area contributed by atoms with Gasteiger partial charge in [-0.2, -0.15) is 0 Å². The number of hydrogen-bond donors (Lipinski definition) is 0. The van der Waals surface area contributed by atoms with Crippen LogP contribution >= 0.6 is 0 Å². The lowest BCUT2D eigenvalue weighted by Gasteiger charge is -2.41. The van der Waals surface area contributed by atoms with Crippen LogP contribution in [-0.2, 0) is 0 Å². The van der Waals surface area contributed by atoms with Crippen molar-refractivity contribution in [2.45, 2.75) is 20.0 Å². The Bertz CT molecular complexity index is 414. The van der Waals surface area contributed by atoms with E-state index in [-0.39, 0.29) is 13.1 Å². The maximum Gasteiger partial charge on any atom is 0.138 e. The first-order valence-electron chi connectivity index (χ1n) is 6.03. The molecule has 0 unspecified atom stereocenters. The summed E-state index contributed by atoms with van der Waals surface area (Å²) < 4.78 is 0. The van der Waals surface area contributed by atoms with Crippen molar-refractivity contribution in [3.8, 4) is 0 Å². The van der Waals surface area contributed by atoms with E-state index in [9.17, 15) is 19.8 Å². The number of nitrogens with zero attached hydrogens (tertiary/aromatic N) is 2. The first kappa shape index (κ1) is 14.8. The molecule has 0 spiro atoms. The fourth-order valence-electron chi connectivity index (χ4n) is 1.96. The Kier molecular flexibility index (Phi) is 5.17. The van der Waals surface area contributed by atoms with Crippen LogP contribution in [0.25, 0.3) is 0 Å². The largest absolute Gasteiger partial charge is 0.530 e. The molecule has 0 heterocycles. The lowest BCUT2D eigenvalue weighted by Crippen LogP contribution is -2.53. The Morgan fingerprint density at radius 2 is 1.42 bits per heavy atom. The van der Waals surface area contributed by atoms with Gasteiger partial charge in [-0.3, -0.25) is 0 Å². The Hall–Kier alpha value is -2.24. The molecule has 6 nitrogen and oxygen atoms in total. The van der Waals surface area contributed by atoms with E-state index in [0.29, 0.717) is 5.56 Å². The molecule has 0 fully saturated rings. The van der Waals surface area contributed by atoms with Crippen LogP contribution in [0.5, 0.6) is 0 Å². The third-order valence-corrected chi connectivity index (χ3v) is 2.84. The molecule has 19 heavy (non-hydrogen) atoms. The molecule has 6 heteroatoms. The van der Waals surface area contributed by atoms with Gasteiger partial charge in [-0.25, -0.2) is 0 Å². The monoisotopic (exact) mass is 264 g/mol. The van der Waals surface area contributed by atoms with Gasteiger partial charge in [-0.15, -0.1) is 0 Å². The van der Waals surface area contributed by atoms with E-state index in [2.05, 4.69) is 0 Å². The highest BCUT2D eigenvalue weighted by molar-refractivity contribution is 5.67. The van der Waals surface area contributed by atoms with E-state index in [0.717, 1.165) is 9.80 Å². The lowest BCUT2D eigenvalue weighted by molar-refractivity contribution is -0.282. The second-order valence-electron chi connectivity index (χ2n) is 3.89. The summed E-state index contributed by atoms with van der Waals surface area (Å²) in [7, 11) is 0. The SMILES string of the molecule is CCN(C(=O)[O-])C(c1ccccc1)N(CC)C(=O)[O-]. The van der Waals surface area contributed by atoms with Gasteiger partial charge in [0.25, 0.3) is 0 Å². The Morgan fingerprint density at radius 1 is 1.00 bits per heavy atom. The fraction of sp³-hybridized carbons (Fsp3) is 0.385. The molecule has 1 aromatic carbocycles. The van der Waals surface area contributed by atoms with Gasteiger partial charge in [0.1, 0.15) is 18.4 Å². The van der Waals surface area contributed by atoms with E-state index in [1.54, 1.807) is 44.2 Å². The minimum absolute atomic E-state index is 0.117. The molecule has 1 aromatic rings. The van der Waals surface area contributed by atoms with E-state index in [4.69, 9.17) is 0 Å². The summed E-state index contributed by atoms with van der Waals surface area (Å²) in [4.78, 5) is 24.2. The van der Waals surface area contributed by atoms with Crippen molar-refractivity contribution < 1.29 is 19.8 Å². The van der Waals surface area contributed by atoms with Crippen molar-refractivity contribution in [3.05, 3.63) is 35.9 Å². The van der Waals surface area contributed by atoms with Crippen molar-refractivity contribution in [3.63, 3.8) is 0 Å². The van der Waals surface area contributed by atoms with Crippen LogP contribution in [0.1, 0.15) is 25.6 Å². The predicted molar refractivity (Wildman–Crippen MR) is 64.7 cm³/mol. The average Bonchev–Trinajstić information content (AvgIpc) is 2.39. The molecular formula is C13H16N2O4-2. The third kappa shape index (κ3) is 3.37. The Balaban J connectivity index is 3.24. The Morgan fingerprint density at radius 3 is 1.74 bits per heavy atom. The zero-order valence-electron chi connectivity index (χ0n) is 10.9. The maximum atomic E-state index is 11.2. The topological polar surface area (TPSA) is 86.7 Å². The minimum Gasteiger partial charge on any atom is -0.530 e. The van der Waals surface area contributed by atoms with E-state index < -0.39 is 18.4 Å². The summed E-state index contributed by atoms with van der Waals surface area (Å²) in [5, 5.41) is 22.3. The fourth-order valence-corrected chi connectivity index (χ4v) is 1.96. The van der Waals surface area contributed by atoms with Crippen molar-refractivity contribution in [1.29, 1.82) is 0 Å². The van der Waals surface area contributed by atoms with Gasteiger partial charge >= 0.3 is 0 Å². The van der Waals surface area contributed by atoms with E-state index in [1.807, 2.05) is 0 Å². The van der Waals surface area contributed by atoms with Gasteiger partial charge in [0, 0.05) is 13.1 Å². The van der Waals surface area contributed by atoms with Gasteiger partial charge in [-0.05, 0) is 19.4 Å². The standard InChI is InChI=1S/C13H18N2O4/c1-3-14(12(16)17)11(15(4-2)13(18)19)10-8-6-5-7-9-10/h5-9,11H,3-4H2,1-2H3,(H,16,17)(H,18,19)/p-2. The molecule has 0 aromatic heterocycles. The van der Waals surface area contributed by atoms with Crippen LogP contribution in [0.4, 0.5) is 9.59 Å². The quantitative estimate of drug-likeness (QED) is 0.701. The number of rotatable bonds is 5. The van der Waals surface area contributed by atoms with Crippen LogP contribution in [0.15, 0.2) is 30.3 Å². The van der Waals surface area contributed by atoms with Crippen molar-refractivity contribution in [2.24, 2.45) is 0 Å². The lowest BCUT2D eigenvalue weighted by atomic mass is 10.1. The highest BCUT2D eigenvalue weighted by Gasteiger charge is 2.25. The van der Waals surface area contributed by atoms with E-state index >= 15 is 0 Å².